The fraction of sp³-hybridized carbons (Fsp3) is 0.600. The second kappa shape index (κ2) is 4.97. The minimum absolute atomic E-state index is 0.499. The van der Waals surface area contributed by atoms with Crippen LogP contribution in [-0.2, 0) is 4.74 Å². The van der Waals surface area contributed by atoms with Crippen LogP contribution in [0.1, 0.15) is 20.8 Å². The molecule has 1 heterocycles. The number of hydrogen-bond acceptors (Lipinski definition) is 4. The molecule has 1 rings (SSSR count). The van der Waals surface area contributed by atoms with Crippen molar-refractivity contribution in [1.82, 2.24) is 10.9 Å². The lowest BCUT2D eigenvalue weighted by atomic mass is 10.2. The van der Waals surface area contributed by atoms with E-state index < -0.39 is 16.1 Å². The molecule has 5 nitrogen and oxygen atoms in total. The molecule has 0 saturated carbocycles. The summed E-state index contributed by atoms with van der Waals surface area (Å²) in [5.74, 6) is 0. The van der Waals surface area contributed by atoms with Gasteiger partial charge in [-0.1, -0.05) is 15.9 Å². The summed E-state index contributed by atoms with van der Waals surface area (Å²) in [7, 11) is 0. The van der Waals surface area contributed by atoms with Crippen LogP contribution in [0.4, 0.5) is 4.79 Å². The number of halogens is 1. The Bertz CT molecular complexity index is 323. The molecule has 0 spiro atoms. The van der Waals surface area contributed by atoms with Gasteiger partial charge in [0, 0.05) is 6.21 Å². The highest BCUT2D eigenvalue weighted by molar-refractivity contribution is 9.10. The first-order chi connectivity index (χ1) is 7.31. The van der Waals surface area contributed by atoms with Crippen molar-refractivity contribution in [3.05, 3.63) is 12.2 Å². The smallest absolute Gasteiger partial charge is 0.422 e. The van der Waals surface area contributed by atoms with Crippen LogP contribution in [0.15, 0.2) is 17.1 Å². The SMILES string of the molecule is CC(C)(C)OC(=O)NNC1(Br)C=CC=NC1. The summed E-state index contributed by atoms with van der Waals surface area (Å²) in [6.07, 6.45) is 4.84. The first kappa shape index (κ1) is 13.2. The number of ether oxygens (including phenoxy) is 1. The van der Waals surface area contributed by atoms with Gasteiger partial charge in [0.2, 0.25) is 0 Å². The van der Waals surface area contributed by atoms with Crippen molar-refractivity contribution in [3.8, 4) is 0 Å². The highest BCUT2D eigenvalue weighted by Crippen LogP contribution is 2.17. The Morgan fingerprint density at radius 2 is 2.25 bits per heavy atom. The molecule has 0 saturated heterocycles. The third-order valence-corrected chi connectivity index (χ3v) is 2.36. The Morgan fingerprint density at radius 1 is 1.56 bits per heavy atom. The van der Waals surface area contributed by atoms with Gasteiger partial charge in [-0.05, 0) is 32.9 Å². The van der Waals surface area contributed by atoms with Gasteiger partial charge < -0.3 is 4.74 Å². The van der Waals surface area contributed by atoms with E-state index in [1.165, 1.54) is 0 Å². The third-order valence-electron chi connectivity index (χ3n) is 1.64. The zero-order valence-corrected chi connectivity index (χ0v) is 11.2. The second-order valence-electron chi connectivity index (χ2n) is 4.46. The molecule has 90 valence electrons. The van der Waals surface area contributed by atoms with E-state index >= 15 is 0 Å². The Morgan fingerprint density at radius 3 is 2.75 bits per heavy atom. The predicted molar refractivity (Wildman–Crippen MR) is 66.7 cm³/mol. The lowest BCUT2D eigenvalue weighted by molar-refractivity contribution is 0.0490. The van der Waals surface area contributed by atoms with Crippen molar-refractivity contribution in [3.63, 3.8) is 0 Å². The molecule has 0 aromatic heterocycles. The van der Waals surface area contributed by atoms with E-state index in [0.717, 1.165) is 0 Å². The van der Waals surface area contributed by atoms with E-state index in [1.807, 2.05) is 6.08 Å². The van der Waals surface area contributed by atoms with Gasteiger partial charge in [-0.3, -0.25) is 10.4 Å². The van der Waals surface area contributed by atoms with E-state index in [2.05, 4.69) is 31.8 Å². The lowest BCUT2D eigenvalue weighted by Crippen LogP contribution is -2.52. The summed E-state index contributed by atoms with van der Waals surface area (Å²) in [6.45, 7) is 5.92. The molecule has 1 unspecified atom stereocenters. The fourth-order valence-corrected chi connectivity index (χ4v) is 1.43. The predicted octanol–water partition coefficient (Wildman–Crippen LogP) is 1.75. The summed E-state index contributed by atoms with van der Waals surface area (Å²) in [4.78, 5) is 15.4. The van der Waals surface area contributed by atoms with Gasteiger partial charge >= 0.3 is 6.09 Å². The Labute approximate surface area is 103 Å². The molecular weight excluding hydrogens is 274 g/mol. The quantitative estimate of drug-likeness (QED) is 0.462. The molecule has 0 aromatic rings. The number of carbonyl (C=O) groups excluding carboxylic acids is 1. The maximum absolute atomic E-state index is 11.4. The molecule has 1 atom stereocenters. The monoisotopic (exact) mass is 289 g/mol. The van der Waals surface area contributed by atoms with Crippen molar-refractivity contribution >= 4 is 28.2 Å². The molecule has 0 radical (unpaired) electrons. The zero-order valence-electron chi connectivity index (χ0n) is 9.58. The average molecular weight is 290 g/mol. The van der Waals surface area contributed by atoms with Gasteiger partial charge in [0.15, 0.2) is 0 Å². The number of dihydropyridines is 1. The van der Waals surface area contributed by atoms with Crippen LogP contribution in [0.25, 0.3) is 0 Å². The maximum Gasteiger partial charge on any atom is 0.422 e. The van der Waals surface area contributed by atoms with Gasteiger partial charge in [-0.2, -0.15) is 0 Å². The summed E-state index contributed by atoms with van der Waals surface area (Å²) >= 11 is 3.42. The van der Waals surface area contributed by atoms with E-state index in [0.29, 0.717) is 6.54 Å². The highest BCUT2D eigenvalue weighted by Gasteiger charge is 2.25. The van der Waals surface area contributed by atoms with Crippen molar-refractivity contribution < 1.29 is 9.53 Å². The summed E-state index contributed by atoms with van der Waals surface area (Å²) in [6, 6.07) is 0. The molecule has 0 aromatic carbocycles. The molecule has 6 heteroatoms. The first-order valence-electron chi connectivity index (χ1n) is 4.93. The number of alkyl halides is 1. The number of hydrazine groups is 1. The van der Waals surface area contributed by atoms with Gasteiger partial charge in [0.05, 0.1) is 6.54 Å². The van der Waals surface area contributed by atoms with Gasteiger partial charge in [0.1, 0.15) is 10.0 Å². The van der Waals surface area contributed by atoms with Crippen LogP contribution in [-0.4, -0.2) is 28.9 Å². The maximum atomic E-state index is 11.4. The van der Waals surface area contributed by atoms with Crippen LogP contribution in [0, 0.1) is 0 Å². The topological polar surface area (TPSA) is 62.7 Å². The normalized spacial score (nSPS) is 24.2. The van der Waals surface area contributed by atoms with E-state index in [1.54, 1.807) is 33.1 Å². The summed E-state index contributed by atoms with van der Waals surface area (Å²) in [5, 5.41) is 0. The van der Waals surface area contributed by atoms with Gasteiger partial charge in [0.25, 0.3) is 0 Å². The summed E-state index contributed by atoms with van der Waals surface area (Å²) < 4.78 is 4.53. The van der Waals surface area contributed by atoms with Crippen LogP contribution >= 0.6 is 15.9 Å². The van der Waals surface area contributed by atoms with Crippen LogP contribution in [0.3, 0.4) is 0 Å². The van der Waals surface area contributed by atoms with Crippen molar-refractivity contribution in [2.75, 3.05) is 6.54 Å². The van der Waals surface area contributed by atoms with Crippen LogP contribution in [0.2, 0.25) is 0 Å². The van der Waals surface area contributed by atoms with Crippen LogP contribution in [0.5, 0.6) is 0 Å². The van der Waals surface area contributed by atoms with E-state index in [4.69, 9.17) is 4.74 Å². The number of nitrogens with one attached hydrogen (secondary N) is 2. The van der Waals surface area contributed by atoms with Crippen molar-refractivity contribution in [2.24, 2.45) is 4.99 Å². The Balaban J connectivity index is 2.37. The number of amides is 1. The fourth-order valence-electron chi connectivity index (χ4n) is 1.03. The van der Waals surface area contributed by atoms with E-state index in [-0.39, 0.29) is 0 Å². The molecule has 16 heavy (non-hydrogen) atoms. The number of allylic oxidation sites excluding steroid dienone is 1. The molecule has 2 N–H and O–H groups in total. The number of nitrogens with zero attached hydrogens (tertiary/aromatic N) is 1. The number of carbonyl (C=O) groups is 1. The minimum atomic E-state index is -0.543. The molecule has 1 aliphatic rings. The first-order valence-corrected chi connectivity index (χ1v) is 5.73. The molecule has 1 aliphatic heterocycles. The minimum Gasteiger partial charge on any atom is -0.443 e. The summed E-state index contributed by atoms with van der Waals surface area (Å²) in [5.41, 5.74) is 4.77. The van der Waals surface area contributed by atoms with Crippen molar-refractivity contribution in [1.29, 1.82) is 0 Å². The second-order valence-corrected chi connectivity index (χ2v) is 5.88. The van der Waals surface area contributed by atoms with E-state index in [9.17, 15) is 4.79 Å². The van der Waals surface area contributed by atoms with Crippen LogP contribution < -0.4 is 10.9 Å². The number of aliphatic imine (C=N–C) groups is 1. The lowest BCUT2D eigenvalue weighted by Gasteiger charge is -2.26. The third kappa shape index (κ3) is 4.76. The highest BCUT2D eigenvalue weighted by atomic mass is 79.9. The van der Waals surface area contributed by atoms with Crippen molar-refractivity contribution in [2.45, 2.75) is 30.8 Å². The zero-order chi connectivity index (χ0) is 12.2. The van der Waals surface area contributed by atoms with Gasteiger partial charge in [-0.15, -0.1) is 0 Å². The standard InChI is InChI=1S/C10H16BrN3O2/c1-9(2,3)16-8(15)13-14-10(11)5-4-6-12-7-10/h4-6,14H,7H2,1-3H3,(H,13,15). The molecular formula is C10H16BrN3O2. The molecule has 0 aliphatic carbocycles. The molecule has 0 fully saturated rings. The van der Waals surface area contributed by atoms with Gasteiger partial charge in [-0.25, -0.2) is 10.2 Å². The average Bonchev–Trinajstić information content (AvgIpc) is 2.14. The molecule has 0 bridgehead atoms. The number of hydrogen-bond donors (Lipinski definition) is 2. The Hall–Kier alpha value is -0.880. The number of rotatable bonds is 2. The Kier molecular flexibility index (Phi) is 4.09. The molecule has 1 amide bonds. The largest absolute Gasteiger partial charge is 0.443 e.